The Morgan fingerprint density at radius 1 is 1.14 bits per heavy atom. The molecule has 0 heterocycles. The topological polar surface area (TPSA) is 72.6 Å². The van der Waals surface area contributed by atoms with Crippen molar-refractivity contribution < 1.29 is 13.2 Å². The number of hydrogen-bond donors (Lipinski definition) is 1. The summed E-state index contributed by atoms with van der Waals surface area (Å²) < 4.78 is 32.6. The Morgan fingerprint density at radius 2 is 1.67 bits per heavy atom. The molecule has 0 aliphatic carbocycles. The summed E-state index contributed by atoms with van der Waals surface area (Å²) in [6, 6.07) is 4.68. The SMILES string of the molecule is COc1ccc(N)cc1S(=O)(=O)N(CC(C)C)CC(C)C. The van der Waals surface area contributed by atoms with Crippen LogP contribution in [0.5, 0.6) is 5.75 Å². The summed E-state index contributed by atoms with van der Waals surface area (Å²) in [5.41, 5.74) is 6.15. The van der Waals surface area contributed by atoms with Gasteiger partial charge in [-0.15, -0.1) is 0 Å². The van der Waals surface area contributed by atoms with E-state index in [0.717, 1.165) is 0 Å². The minimum atomic E-state index is -3.63. The Balaban J connectivity index is 3.30. The number of benzene rings is 1. The van der Waals surface area contributed by atoms with Crippen molar-refractivity contribution in [2.24, 2.45) is 11.8 Å². The first-order valence-corrected chi connectivity index (χ1v) is 8.56. The zero-order valence-corrected chi connectivity index (χ0v) is 14.3. The minimum Gasteiger partial charge on any atom is -0.495 e. The fourth-order valence-corrected chi connectivity index (χ4v) is 4.08. The summed E-state index contributed by atoms with van der Waals surface area (Å²) in [4.78, 5) is 0.131. The summed E-state index contributed by atoms with van der Waals surface area (Å²) in [6.45, 7) is 8.94. The number of rotatable bonds is 7. The second-order valence-electron chi connectivity index (χ2n) is 6.02. The van der Waals surface area contributed by atoms with E-state index in [9.17, 15) is 8.42 Å². The van der Waals surface area contributed by atoms with Crippen LogP contribution >= 0.6 is 0 Å². The lowest BCUT2D eigenvalue weighted by molar-refractivity contribution is 0.330. The van der Waals surface area contributed by atoms with Crippen LogP contribution < -0.4 is 10.5 Å². The van der Waals surface area contributed by atoms with E-state index in [-0.39, 0.29) is 16.7 Å². The molecule has 21 heavy (non-hydrogen) atoms. The number of sulfonamides is 1. The highest BCUT2D eigenvalue weighted by molar-refractivity contribution is 7.89. The lowest BCUT2D eigenvalue weighted by atomic mass is 10.2. The average molecular weight is 314 g/mol. The summed E-state index contributed by atoms with van der Waals surface area (Å²) in [5.74, 6) is 0.804. The Kier molecular flexibility index (Phi) is 6.04. The van der Waals surface area contributed by atoms with Gasteiger partial charge in [0, 0.05) is 18.8 Å². The maximum Gasteiger partial charge on any atom is 0.246 e. The maximum absolute atomic E-state index is 12.9. The lowest BCUT2D eigenvalue weighted by Gasteiger charge is -2.26. The number of methoxy groups -OCH3 is 1. The van der Waals surface area contributed by atoms with Crippen molar-refractivity contribution in [2.75, 3.05) is 25.9 Å². The molecule has 0 aliphatic heterocycles. The molecule has 0 aromatic heterocycles. The molecule has 0 saturated carbocycles. The van der Waals surface area contributed by atoms with Crippen LogP contribution in [-0.4, -0.2) is 32.9 Å². The van der Waals surface area contributed by atoms with Crippen molar-refractivity contribution in [3.8, 4) is 5.75 Å². The van der Waals surface area contributed by atoms with Gasteiger partial charge in [0.05, 0.1) is 7.11 Å². The van der Waals surface area contributed by atoms with Gasteiger partial charge < -0.3 is 10.5 Å². The number of anilines is 1. The van der Waals surface area contributed by atoms with Gasteiger partial charge in [-0.25, -0.2) is 8.42 Å². The maximum atomic E-state index is 12.9. The molecule has 0 amide bonds. The van der Waals surface area contributed by atoms with Crippen LogP contribution in [0.25, 0.3) is 0 Å². The molecule has 1 aromatic rings. The second kappa shape index (κ2) is 7.13. The number of ether oxygens (including phenoxy) is 1. The lowest BCUT2D eigenvalue weighted by Crippen LogP contribution is -2.37. The van der Waals surface area contributed by atoms with E-state index in [1.165, 1.54) is 17.5 Å². The Labute approximate surface area is 128 Å². The standard InChI is InChI=1S/C15H26N2O3S/c1-11(2)9-17(10-12(3)4)21(18,19)15-8-13(16)6-7-14(15)20-5/h6-8,11-12H,9-10,16H2,1-5H3. The van der Waals surface area contributed by atoms with Crippen LogP contribution in [0.1, 0.15) is 27.7 Å². The van der Waals surface area contributed by atoms with Crippen molar-refractivity contribution in [1.29, 1.82) is 0 Å². The molecule has 0 radical (unpaired) electrons. The molecule has 2 N–H and O–H groups in total. The van der Waals surface area contributed by atoms with Crippen LogP contribution in [0.2, 0.25) is 0 Å². The summed E-state index contributed by atoms with van der Waals surface area (Å²) in [6.07, 6.45) is 0. The van der Waals surface area contributed by atoms with E-state index in [0.29, 0.717) is 24.5 Å². The molecule has 5 nitrogen and oxygen atoms in total. The minimum absolute atomic E-state index is 0.131. The Hall–Kier alpha value is -1.27. The fraction of sp³-hybridized carbons (Fsp3) is 0.600. The first-order valence-electron chi connectivity index (χ1n) is 7.12. The zero-order valence-electron chi connectivity index (χ0n) is 13.5. The zero-order chi connectivity index (χ0) is 16.2. The summed E-state index contributed by atoms with van der Waals surface area (Å²) in [7, 11) is -2.17. The molecule has 0 aliphatic rings. The van der Waals surface area contributed by atoms with E-state index in [4.69, 9.17) is 10.5 Å². The predicted molar refractivity (Wildman–Crippen MR) is 85.8 cm³/mol. The second-order valence-corrected chi connectivity index (χ2v) is 7.93. The van der Waals surface area contributed by atoms with Gasteiger partial charge in [0.2, 0.25) is 10.0 Å². The molecule has 0 atom stereocenters. The quantitative estimate of drug-likeness (QED) is 0.785. The van der Waals surface area contributed by atoms with Crippen LogP contribution in [0.3, 0.4) is 0 Å². The number of nitrogen functional groups attached to an aromatic ring is 1. The van der Waals surface area contributed by atoms with Gasteiger partial charge in [-0.05, 0) is 30.0 Å². The molecule has 0 unspecified atom stereocenters. The van der Waals surface area contributed by atoms with Crippen LogP contribution in [0.4, 0.5) is 5.69 Å². The monoisotopic (exact) mass is 314 g/mol. The van der Waals surface area contributed by atoms with E-state index in [1.54, 1.807) is 12.1 Å². The normalized spacial score (nSPS) is 12.4. The van der Waals surface area contributed by atoms with Gasteiger partial charge in [-0.3, -0.25) is 0 Å². The van der Waals surface area contributed by atoms with Crippen molar-refractivity contribution in [2.45, 2.75) is 32.6 Å². The van der Waals surface area contributed by atoms with Crippen molar-refractivity contribution in [1.82, 2.24) is 4.31 Å². The predicted octanol–water partition coefficient (Wildman–Crippen LogP) is 2.58. The average Bonchev–Trinajstić information content (AvgIpc) is 2.36. The van der Waals surface area contributed by atoms with Gasteiger partial charge in [-0.2, -0.15) is 4.31 Å². The highest BCUT2D eigenvalue weighted by Crippen LogP contribution is 2.29. The first-order chi connectivity index (χ1) is 9.68. The largest absolute Gasteiger partial charge is 0.495 e. The molecule has 0 saturated heterocycles. The van der Waals surface area contributed by atoms with Gasteiger partial charge >= 0.3 is 0 Å². The molecule has 0 spiro atoms. The van der Waals surface area contributed by atoms with Crippen LogP contribution in [0.15, 0.2) is 23.1 Å². The Bertz CT molecular complexity index is 558. The highest BCUT2D eigenvalue weighted by Gasteiger charge is 2.29. The number of hydrogen-bond acceptors (Lipinski definition) is 4. The highest BCUT2D eigenvalue weighted by atomic mass is 32.2. The van der Waals surface area contributed by atoms with Crippen LogP contribution in [-0.2, 0) is 10.0 Å². The third kappa shape index (κ3) is 4.61. The van der Waals surface area contributed by atoms with Gasteiger partial charge in [0.15, 0.2) is 0 Å². The molecule has 0 bridgehead atoms. The molecule has 120 valence electrons. The summed E-state index contributed by atoms with van der Waals surface area (Å²) in [5, 5.41) is 0. The van der Waals surface area contributed by atoms with Crippen molar-refractivity contribution >= 4 is 15.7 Å². The third-order valence-corrected chi connectivity index (χ3v) is 4.80. The summed E-state index contributed by atoms with van der Waals surface area (Å²) >= 11 is 0. The van der Waals surface area contributed by atoms with E-state index in [1.807, 2.05) is 27.7 Å². The van der Waals surface area contributed by atoms with Gasteiger partial charge in [-0.1, -0.05) is 27.7 Å². The van der Waals surface area contributed by atoms with Crippen LogP contribution in [0, 0.1) is 11.8 Å². The Morgan fingerprint density at radius 3 is 2.10 bits per heavy atom. The molecular formula is C15H26N2O3S. The van der Waals surface area contributed by atoms with Crippen molar-refractivity contribution in [3.05, 3.63) is 18.2 Å². The van der Waals surface area contributed by atoms with E-state index >= 15 is 0 Å². The smallest absolute Gasteiger partial charge is 0.246 e. The van der Waals surface area contributed by atoms with E-state index < -0.39 is 10.0 Å². The van der Waals surface area contributed by atoms with Gasteiger partial charge in [0.25, 0.3) is 0 Å². The number of nitrogens with zero attached hydrogens (tertiary/aromatic N) is 1. The van der Waals surface area contributed by atoms with Gasteiger partial charge in [0.1, 0.15) is 10.6 Å². The van der Waals surface area contributed by atoms with Crippen molar-refractivity contribution in [3.63, 3.8) is 0 Å². The molecule has 1 aromatic carbocycles. The van der Waals surface area contributed by atoms with E-state index in [2.05, 4.69) is 0 Å². The third-order valence-electron chi connectivity index (χ3n) is 2.94. The molecule has 0 fully saturated rings. The molecular weight excluding hydrogens is 288 g/mol. The fourth-order valence-electron chi connectivity index (χ4n) is 2.12. The number of nitrogens with two attached hydrogens (primary N) is 1. The molecule has 6 heteroatoms. The molecule has 1 rings (SSSR count). The first kappa shape index (κ1) is 17.8.